The van der Waals surface area contributed by atoms with Crippen molar-refractivity contribution in [2.45, 2.75) is 58.7 Å². The summed E-state index contributed by atoms with van der Waals surface area (Å²) >= 11 is 0. The molecule has 5 heteroatoms. The molecule has 0 aromatic carbocycles. The number of rotatable bonds is 4. The van der Waals surface area contributed by atoms with Crippen LogP contribution in [0.3, 0.4) is 0 Å². The molecular weight excluding hydrogens is 300 g/mol. The van der Waals surface area contributed by atoms with E-state index in [1.807, 2.05) is 0 Å². The van der Waals surface area contributed by atoms with Crippen molar-refractivity contribution in [1.29, 1.82) is 0 Å². The first kappa shape index (κ1) is 18.2. The molecule has 24 heavy (non-hydrogen) atoms. The highest BCUT2D eigenvalue weighted by atomic mass is 16.2. The molecule has 0 aromatic rings. The van der Waals surface area contributed by atoms with E-state index in [0.29, 0.717) is 18.0 Å². The molecule has 0 unspecified atom stereocenters. The molecule has 5 nitrogen and oxygen atoms in total. The Labute approximate surface area is 147 Å². The van der Waals surface area contributed by atoms with Crippen LogP contribution in [0.1, 0.15) is 40.5 Å². The minimum atomic E-state index is 0.258. The van der Waals surface area contributed by atoms with E-state index >= 15 is 0 Å². The van der Waals surface area contributed by atoms with Gasteiger partial charge in [-0.1, -0.05) is 0 Å². The summed E-state index contributed by atoms with van der Waals surface area (Å²) in [4.78, 5) is 22.4. The average molecular weight is 337 g/mol. The van der Waals surface area contributed by atoms with E-state index in [1.54, 1.807) is 0 Å². The lowest BCUT2D eigenvalue weighted by Gasteiger charge is -2.46. The molecule has 0 N–H and O–H groups in total. The van der Waals surface area contributed by atoms with Crippen molar-refractivity contribution >= 4 is 5.91 Å². The Hall–Kier alpha value is -0.650. The minimum absolute atomic E-state index is 0.258. The zero-order valence-electron chi connectivity index (χ0n) is 16.1. The summed E-state index contributed by atoms with van der Waals surface area (Å²) in [6.07, 6.45) is 2.58. The number of piperazine rings is 1. The number of nitrogens with zero attached hydrogens (tertiary/aromatic N) is 4. The van der Waals surface area contributed by atoms with Gasteiger partial charge in [0.15, 0.2) is 0 Å². The van der Waals surface area contributed by atoms with Gasteiger partial charge in [0.05, 0.1) is 5.92 Å². The molecule has 0 bridgehead atoms. The molecule has 0 spiro atoms. The molecule has 0 atom stereocenters. The fourth-order valence-corrected chi connectivity index (χ4v) is 4.42. The number of likely N-dealkylation sites (tertiary alicyclic amines) is 2. The summed E-state index contributed by atoms with van der Waals surface area (Å²) in [5.41, 5.74) is 0. The van der Waals surface area contributed by atoms with Crippen LogP contribution in [0.25, 0.3) is 0 Å². The predicted molar refractivity (Wildman–Crippen MR) is 98.1 cm³/mol. The Balaban J connectivity index is 1.39. The highest BCUT2D eigenvalue weighted by molar-refractivity contribution is 5.80. The lowest BCUT2D eigenvalue weighted by Crippen LogP contribution is -2.60. The molecule has 138 valence electrons. The van der Waals surface area contributed by atoms with Crippen molar-refractivity contribution in [2.75, 3.05) is 52.4 Å². The lowest BCUT2D eigenvalue weighted by molar-refractivity contribution is -0.144. The second kappa shape index (κ2) is 7.71. The van der Waals surface area contributed by atoms with Gasteiger partial charge >= 0.3 is 0 Å². The van der Waals surface area contributed by atoms with Crippen LogP contribution in [0, 0.1) is 5.92 Å². The number of hydrogen-bond donors (Lipinski definition) is 0. The predicted octanol–water partition coefficient (Wildman–Crippen LogP) is 1.34. The summed E-state index contributed by atoms with van der Waals surface area (Å²) in [5.74, 6) is 0.661. The Morgan fingerprint density at radius 3 is 1.83 bits per heavy atom. The molecule has 0 aliphatic carbocycles. The second-order valence-electron chi connectivity index (χ2n) is 8.47. The standard InChI is InChI=1S/C19H36N4O/c1-15(2)20-7-5-18(6-8-20)21-9-11-22(12-10-21)19(24)17-13-23(14-17)16(3)4/h15-18H,5-14H2,1-4H3. The van der Waals surface area contributed by atoms with Crippen LogP contribution in [-0.2, 0) is 4.79 Å². The number of carbonyl (C=O) groups is 1. The van der Waals surface area contributed by atoms with Crippen LogP contribution in [-0.4, -0.2) is 96.0 Å². The van der Waals surface area contributed by atoms with E-state index in [2.05, 4.69) is 47.3 Å². The molecule has 3 heterocycles. The van der Waals surface area contributed by atoms with E-state index in [1.165, 1.54) is 25.9 Å². The van der Waals surface area contributed by atoms with Crippen LogP contribution in [0.5, 0.6) is 0 Å². The second-order valence-corrected chi connectivity index (χ2v) is 8.47. The summed E-state index contributed by atoms with van der Waals surface area (Å²) < 4.78 is 0. The first-order valence-electron chi connectivity index (χ1n) is 9.96. The Bertz CT molecular complexity index is 417. The number of amides is 1. The lowest BCUT2D eigenvalue weighted by atomic mass is 9.96. The SMILES string of the molecule is CC(C)N1CCC(N2CCN(C(=O)C3CN(C(C)C)C3)CC2)CC1. The Morgan fingerprint density at radius 2 is 1.33 bits per heavy atom. The minimum Gasteiger partial charge on any atom is -0.340 e. The van der Waals surface area contributed by atoms with Gasteiger partial charge in [-0.25, -0.2) is 0 Å². The highest BCUT2D eigenvalue weighted by Crippen LogP contribution is 2.23. The fraction of sp³-hybridized carbons (Fsp3) is 0.947. The van der Waals surface area contributed by atoms with E-state index in [4.69, 9.17) is 0 Å². The molecular formula is C19H36N4O. The van der Waals surface area contributed by atoms with Crippen LogP contribution < -0.4 is 0 Å². The zero-order valence-corrected chi connectivity index (χ0v) is 16.1. The molecule has 3 aliphatic rings. The number of hydrogen-bond acceptors (Lipinski definition) is 4. The van der Waals surface area contributed by atoms with E-state index in [-0.39, 0.29) is 5.92 Å². The van der Waals surface area contributed by atoms with Crippen molar-refractivity contribution in [2.24, 2.45) is 5.92 Å². The van der Waals surface area contributed by atoms with Gasteiger partial charge < -0.3 is 9.80 Å². The van der Waals surface area contributed by atoms with Crippen molar-refractivity contribution < 1.29 is 4.79 Å². The van der Waals surface area contributed by atoms with Crippen LogP contribution in [0.2, 0.25) is 0 Å². The molecule has 0 aromatic heterocycles. The van der Waals surface area contributed by atoms with Gasteiger partial charge in [-0.2, -0.15) is 0 Å². The quantitative estimate of drug-likeness (QED) is 0.775. The van der Waals surface area contributed by atoms with Crippen molar-refractivity contribution in [3.63, 3.8) is 0 Å². The third-order valence-corrected chi connectivity index (χ3v) is 6.36. The van der Waals surface area contributed by atoms with Crippen LogP contribution >= 0.6 is 0 Å². The molecule has 3 fully saturated rings. The van der Waals surface area contributed by atoms with Gasteiger partial charge in [0.25, 0.3) is 0 Å². The molecule has 3 aliphatic heterocycles. The smallest absolute Gasteiger partial charge is 0.228 e. The van der Waals surface area contributed by atoms with Gasteiger partial charge in [-0.15, -0.1) is 0 Å². The van der Waals surface area contributed by atoms with Gasteiger partial charge in [0.2, 0.25) is 5.91 Å². The monoisotopic (exact) mass is 336 g/mol. The maximum atomic E-state index is 12.6. The van der Waals surface area contributed by atoms with Gasteiger partial charge in [-0.05, 0) is 53.6 Å². The van der Waals surface area contributed by atoms with Crippen LogP contribution in [0.15, 0.2) is 0 Å². The first-order valence-corrected chi connectivity index (χ1v) is 9.96. The van der Waals surface area contributed by atoms with Crippen molar-refractivity contribution in [1.82, 2.24) is 19.6 Å². The van der Waals surface area contributed by atoms with E-state index in [9.17, 15) is 4.79 Å². The molecule has 0 saturated carbocycles. The first-order chi connectivity index (χ1) is 11.5. The largest absolute Gasteiger partial charge is 0.340 e. The van der Waals surface area contributed by atoms with Crippen LogP contribution in [0.4, 0.5) is 0 Å². The number of piperidine rings is 1. The maximum Gasteiger partial charge on any atom is 0.228 e. The molecule has 3 rings (SSSR count). The fourth-order valence-electron chi connectivity index (χ4n) is 4.42. The molecule has 3 saturated heterocycles. The average Bonchev–Trinajstić information content (AvgIpc) is 2.53. The van der Waals surface area contributed by atoms with Gasteiger partial charge in [0.1, 0.15) is 0 Å². The highest BCUT2D eigenvalue weighted by Gasteiger charge is 2.37. The van der Waals surface area contributed by atoms with E-state index < -0.39 is 0 Å². The van der Waals surface area contributed by atoms with Gasteiger partial charge in [-0.3, -0.25) is 14.6 Å². The Morgan fingerprint density at radius 1 is 0.792 bits per heavy atom. The summed E-state index contributed by atoms with van der Waals surface area (Å²) in [5, 5.41) is 0. The van der Waals surface area contributed by atoms with Gasteiger partial charge in [0, 0.05) is 57.4 Å². The summed E-state index contributed by atoms with van der Waals surface area (Å²) in [6, 6.07) is 1.98. The molecule has 0 radical (unpaired) electrons. The zero-order chi connectivity index (χ0) is 17.3. The molecule has 1 amide bonds. The van der Waals surface area contributed by atoms with Crippen molar-refractivity contribution in [3.05, 3.63) is 0 Å². The summed E-state index contributed by atoms with van der Waals surface area (Å²) in [6.45, 7) is 17.4. The Kier molecular flexibility index (Phi) is 5.83. The normalized spacial score (nSPS) is 26.3. The topological polar surface area (TPSA) is 30.0 Å². The maximum absolute atomic E-state index is 12.6. The third-order valence-electron chi connectivity index (χ3n) is 6.36. The van der Waals surface area contributed by atoms with E-state index in [0.717, 1.165) is 45.3 Å². The summed E-state index contributed by atoms with van der Waals surface area (Å²) in [7, 11) is 0. The third kappa shape index (κ3) is 3.94. The number of carbonyl (C=O) groups excluding carboxylic acids is 1. The van der Waals surface area contributed by atoms with Crippen molar-refractivity contribution in [3.8, 4) is 0 Å².